The van der Waals surface area contributed by atoms with Crippen molar-refractivity contribution in [2.24, 2.45) is 0 Å². The molecule has 4 nitrogen and oxygen atoms in total. The van der Waals surface area contributed by atoms with Crippen LogP contribution < -0.4 is 4.90 Å². The second-order valence-corrected chi connectivity index (χ2v) is 8.50. The van der Waals surface area contributed by atoms with E-state index < -0.39 is 10.0 Å². The van der Waals surface area contributed by atoms with Gasteiger partial charge in [-0.3, -0.25) is 0 Å². The fourth-order valence-corrected chi connectivity index (χ4v) is 5.14. The van der Waals surface area contributed by atoms with Crippen LogP contribution in [0.15, 0.2) is 57.9 Å². The molecule has 0 saturated carbocycles. The molecule has 1 aliphatic rings. The molecule has 1 fully saturated rings. The number of hydrogen-bond donors (Lipinski definition) is 0. The molecule has 0 atom stereocenters. The Labute approximate surface area is 149 Å². The van der Waals surface area contributed by atoms with Crippen molar-refractivity contribution in [3.05, 3.63) is 58.0 Å². The van der Waals surface area contributed by atoms with Crippen LogP contribution in [0.2, 0.25) is 5.02 Å². The van der Waals surface area contributed by atoms with Gasteiger partial charge in [0.25, 0.3) is 0 Å². The molecule has 23 heavy (non-hydrogen) atoms. The molecule has 2 aromatic carbocycles. The zero-order valence-electron chi connectivity index (χ0n) is 12.3. The minimum Gasteiger partial charge on any atom is -0.369 e. The van der Waals surface area contributed by atoms with Gasteiger partial charge in [-0.25, -0.2) is 8.42 Å². The Morgan fingerprint density at radius 2 is 1.52 bits per heavy atom. The summed E-state index contributed by atoms with van der Waals surface area (Å²) in [6, 6.07) is 14.5. The first-order chi connectivity index (χ1) is 11.0. The highest BCUT2D eigenvalue weighted by Gasteiger charge is 2.29. The maximum Gasteiger partial charge on any atom is 0.244 e. The summed E-state index contributed by atoms with van der Waals surface area (Å²) < 4.78 is 27.7. The highest BCUT2D eigenvalue weighted by molar-refractivity contribution is 9.10. The number of sulfonamides is 1. The van der Waals surface area contributed by atoms with Gasteiger partial charge in [-0.2, -0.15) is 4.31 Å². The van der Waals surface area contributed by atoms with Crippen LogP contribution in [0.5, 0.6) is 0 Å². The van der Waals surface area contributed by atoms with E-state index in [9.17, 15) is 8.42 Å². The van der Waals surface area contributed by atoms with E-state index in [4.69, 9.17) is 11.6 Å². The topological polar surface area (TPSA) is 40.6 Å². The average molecular weight is 416 g/mol. The fourth-order valence-electron chi connectivity index (χ4n) is 2.63. The second kappa shape index (κ2) is 6.81. The van der Waals surface area contributed by atoms with Crippen molar-refractivity contribution in [1.82, 2.24) is 4.31 Å². The summed E-state index contributed by atoms with van der Waals surface area (Å²) in [5.74, 6) is 0. The van der Waals surface area contributed by atoms with Crippen molar-refractivity contribution in [2.75, 3.05) is 31.1 Å². The van der Waals surface area contributed by atoms with E-state index in [2.05, 4.69) is 20.8 Å². The lowest BCUT2D eigenvalue weighted by molar-refractivity contribution is 0.384. The van der Waals surface area contributed by atoms with Gasteiger partial charge in [-0.05, 0) is 52.3 Å². The molecule has 1 heterocycles. The molecule has 0 unspecified atom stereocenters. The molecular formula is C16H16BrClN2O2S. The van der Waals surface area contributed by atoms with Crippen molar-refractivity contribution in [3.63, 3.8) is 0 Å². The smallest absolute Gasteiger partial charge is 0.244 e. The first-order valence-corrected chi connectivity index (χ1v) is 9.85. The summed E-state index contributed by atoms with van der Waals surface area (Å²) in [4.78, 5) is 2.49. The number of benzene rings is 2. The highest BCUT2D eigenvalue weighted by atomic mass is 79.9. The van der Waals surface area contributed by atoms with Crippen molar-refractivity contribution < 1.29 is 8.42 Å². The average Bonchev–Trinajstić information content (AvgIpc) is 2.56. The first kappa shape index (κ1) is 16.8. The normalized spacial score (nSPS) is 16.5. The van der Waals surface area contributed by atoms with E-state index in [0.29, 0.717) is 40.6 Å². The van der Waals surface area contributed by atoms with Crippen LogP contribution in [0.3, 0.4) is 0 Å². The molecule has 7 heteroatoms. The predicted octanol–water partition coefficient (Wildman–Crippen LogP) is 3.61. The molecule has 3 rings (SSSR count). The molecule has 2 aromatic rings. The van der Waals surface area contributed by atoms with Gasteiger partial charge < -0.3 is 4.90 Å². The van der Waals surface area contributed by atoms with Crippen LogP contribution in [0, 0.1) is 0 Å². The Morgan fingerprint density at radius 3 is 2.13 bits per heavy atom. The highest BCUT2D eigenvalue weighted by Crippen LogP contribution is 2.26. The van der Waals surface area contributed by atoms with Crippen LogP contribution in [0.4, 0.5) is 5.69 Å². The predicted molar refractivity (Wildman–Crippen MR) is 96.6 cm³/mol. The monoisotopic (exact) mass is 414 g/mol. The summed E-state index contributed by atoms with van der Waals surface area (Å²) in [5.41, 5.74) is 1.06. The van der Waals surface area contributed by atoms with E-state index >= 15 is 0 Å². The standard InChI is InChI=1S/C16H16BrClN2O2S/c17-15-3-1-2-4-16(15)23(21,22)20-11-9-19(10-12-20)14-7-5-13(18)6-8-14/h1-8H,9-12H2. The van der Waals surface area contributed by atoms with Gasteiger partial charge in [0, 0.05) is 41.4 Å². The van der Waals surface area contributed by atoms with Gasteiger partial charge in [0.05, 0.1) is 4.90 Å². The minimum atomic E-state index is -3.47. The summed E-state index contributed by atoms with van der Waals surface area (Å²) in [6.07, 6.45) is 0. The molecule has 0 N–H and O–H groups in total. The van der Waals surface area contributed by atoms with E-state index in [1.165, 1.54) is 0 Å². The van der Waals surface area contributed by atoms with Crippen LogP contribution >= 0.6 is 27.5 Å². The lowest BCUT2D eigenvalue weighted by Gasteiger charge is -2.35. The zero-order valence-corrected chi connectivity index (χ0v) is 15.5. The Morgan fingerprint density at radius 1 is 0.913 bits per heavy atom. The van der Waals surface area contributed by atoms with Crippen LogP contribution in [0.25, 0.3) is 0 Å². The third kappa shape index (κ3) is 3.55. The molecule has 1 saturated heterocycles. The lowest BCUT2D eigenvalue weighted by Crippen LogP contribution is -2.48. The number of anilines is 1. The van der Waals surface area contributed by atoms with Crippen LogP contribution in [-0.4, -0.2) is 38.9 Å². The summed E-state index contributed by atoms with van der Waals surface area (Å²) in [5, 5.41) is 0.698. The maximum atomic E-state index is 12.8. The molecule has 1 aliphatic heterocycles. The molecule has 122 valence electrons. The minimum absolute atomic E-state index is 0.319. The molecule has 0 radical (unpaired) electrons. The van der Waals surface area contributed by atoms with Gasteiger partial charge >= 0.3 is 0 Å². The third-order valence-corrected chi connectivity index (χ3v) is 7.05. The Kier molecular flexibility index (Phi) is 4.96. The van der Waals surface area contributed by atoms with Gasteiger partial charge in [-0.15, -0.1) is 0 Å². The van der Waals surface area contributed by atoms with Crippen LogP contribution in [0.1, 0.15) is 0 Å². The largest absolute Gasteiger partial charge is 0.369 e. The number of nitrogens with zero attached hydrogens (tertiary/aromatic N) is 2. The Hall–Kier alpha value is -1.08. The maximum absolute atomic E-state index is 12.8. The number of piperazine rings is 1. The summed E-state index contributed by atoms with van der Waals surface area (Å²) >= 11 is 9.23. The van der Waals surface area contributed by atoms with Crippen molar-refractivity contribution in [2.45, 2.75) is 4.90 Å². The second-order valence-electron chi connectivity index (χ2n) is 5.30. The van der Waals surface area contributed by atoms with E-state index in [-0.39, 0.29) is 0 Å². The Bertz CT molecular complexity index is 788. The fraction of sp³-hybridized carbons (Fsp3) is 0.250. The lowest BCUT2D eigenvalue weighted by atomic mass is 10.2. The van der Waals surface area contributed by atoms with Gasteiger partial charge in [-0.1, -0.05) is 23.7 Å². The van der Waals surface area contributed by atoms with E-state index in [0.717, 1.165) is 5.69 Å². The van der Waals surface area contributed by atoms with Gasteiger partial charge in [0.2, 0.25) is 10.0 Å². The Balaban J connectivity index is 1.74. The molecule has 0 amide bonds. The number of hydrogen-bond acceptors (Lipinski definition) is 3. The quantitative estimate of drug-likeness (QED) is 0.769. The van der Waals surface area contributed by atoms with E-state index in [1.54, 1.807) is 22.5 Å². The van der Waals surface area contributed by atoms with Crippen molar-refractivity contribution in [3.8, 4) is 0 Å². The van der Waals surface area contributed by atoms with E-state index in [1.807, 2.05) is 30.3 Å². The molecule has 0 bridgehead atoms. The van der Waals surface area contributed by atoms with Gasteiger partial charge in [0.15, 0.2) is 0 Å². The zero-order chi connectivity index (χ0) is 16.4. The first-order valence-electron chi connectivity index (χ1n) is 7.24. The van der Waals surface area contributed by atoms with Crippen molar-refractivity contribution >= 4 is 43.2 Å². The third-order valence-electron chi connectivity index (χ3n) is 3.88. The molecule has 0 aromatic heterocycles. The summed E-state index contributed by atoms with van der Waals surface area (Å²) in [6.45, 7) is 2.25. The van der Waals surface area contributed by atoms with Crippen LogP contribution in [-0.2, 0) is 10.0 Å². The van der Waals surface area contributed by atoms with Gasteiger partial charge in [0.1, 0.15) is 0 Å². The number of halogens is 2. The molecule has 0 spiro atoms. The number of rotatable bonds is 3. The summed E-state index contributed by atoms with van der Waals surface area (Å²) in [7, 11) is -3.47. The molecule has 0 aliphatic carbocycles. The van der Waals surface area contributed by atoms with Crippen molar-refractivity contribution in [1.29, 1.82) is 0 Å². The molecular weight excluding hydrogens is 400 g/mol. The SMILES string of the molecule is O=S(=O)(c1ccccc1Br)N1CCN(c2ccc(Cl)cc2)CC1.